The summed E-state index contributed by atoms with van der Waals surface area (Å²) in [4.78, 5) is 15.1. The number of halogens is 1. The lowest BCUT2D eigenvalue weighted by Crippen LogP contribution is -2.51. The Morgan fingerprint density at radius 1 is 1.10 bits per heavy atom. The second-order valence-electron chi connectivity index (χ2n) is 13.0. The van der Waals surface area contributed by atoms with E-state index in [1.807, 2.05) is 48.2 Å². The number of phenolic OH excluding ortho intramolecular Hbond substituents is 1. The molecule has 7 atom stereocenters. The Hall–Kier alpha value is -2.64. The first kappa shape index (κ1) is 30.8. The van der Waals surface area contributed by atoms with Crippen molar-refractivity contribution in [2.24, 2.45) is 23.2 Å². The average Bonchev–Trinajstić information content (AvgIpc) is 3.27. The van der Waals surface area contributed by atoms with E-state index < -0.39 is 12.3 Å². The van der Waals surface area contributed by atoms with Crippen molar-refractivity contribution in [3.8, 4) is 11.5 Å². The van der Waals surface area contributed by atoms with Crippen LogP contribution in [0.15, 0.2) is 42.5 Å². The highest BCUT2D eigenvalue weighted by Gasteiger charge is 2.59. The molecule has 3 aliphatic rings. The van der Waals surface area contributed by atoms with E-state index >= 15 is 4.39 Å². The van der Waals surface area contributed by atoms with Crippen molar-refractivity contribution < 1.29 is 28.9 Å². The fraction of sp³-hybridized carbons (Fsp3) is 0.629. The maximum Gasteiger partial charge on any atom is 0.253 e. The molecule has 2 aromatic rings. The maximum atomic E-state index is 16.0. The number of aliphatic hydroxyl groups is 1. The summed E-state index contributed by atoms with van der Waals surface area (Å²) in [6, 6.07) is 12.8. The Kier molecular flexibility index (Phi) is 9.78. The van der Waals surface area contributed by atoms with Gasteiger partial charge in [-0.25, -0.2) is 4.39 Å². The van der Waals surface area contributed by atoms with Crippen LogP contribution in [-0.4, -0.2) is 66.7 Å². The zero-order chi connectivity index (χ0) is 29.9. The number of hydrogen-bond donors (Lipinski definition) is 2. The Morgan fingerprint density at radius 3 is 2.62 bits per heavy atom. The minimum absolute atomic E-state index is 0.00287. The van der Waals surface area contributed by atoms with E-state index in [1.165, 1.54) is 0 Å². The number of methoxy groups -OCH3 is 1. The van der Waals surface area contributed by atoms with E-state index in [0.29, 0.717) is 50.1 Å². The van der Waals surface area contributed by atoms with Gasteiger partial charge in [-0.3, -0.25) is 4.79 Å². The molecule has 2 aromatic carbocycles. The van der Waals surface area contributed by atoms with Crippen molar-refractivity contribution in [3.05, 3.63) is 59.2 Å². The number of carbonyl (C=O) groups is 1. The van der Waals surface area contributed by atoms with E-state index in [2.05, 4.69) is 6.92 Å². The molecule has 0 bridgehead atoms. The van der Waals surface area contributed by atoms with Gasteiger partial charge in [-0.05, 0) is 116 Å². The summed E-state index contributed by atoms with van der Waals surface area (Å²) in [6.07, 6.45) is 5.39. The number of phenols is 1. The van der Waals surface area contributed by atoms with E-state index in [1.54, 1.807) is 13.2 Å². The fourth-order valence-corrected chi connectivity index (χ4v) is 8.48. The van der Waals surface area contributed by atoms with Crippen molar-refractivity contribution in [1.82, 2.24) is 4.90 Å². The van der Waals surface area contributed by atoms with Crippen LogP contribution in [0.2, 0.25) is 0 Å². The zero-order valence-corrected chi connectivity index (χ0v) is 25.4. The second-order valence-corrected chi connectivity index (χ2v) is 13.0. The summed E-state index contributed by atoms with van der Waals surface area (Å²) in [5, 5.41) is 21.1. The molecule has 7 heteroatoms. The molecule has 0 heterocycles. The van der Waals surface area contributed by atoms with Gasteiger partial charge in [-0.2, -0.15) is 0 Å². The lowest BCUT2D eigenvalue weighted by Gasteiger charge is -2.54. The first-order valence-electron chi connectivity index (χ1n) is 15.9. The van der Waals surface area contributed by atoms with Crippen molar-refractivity contribution in [1.29, 1.82) is 0 Å². The molecule has 42 heavy (non-hydrogen) atoms. The predicted molar refractivity (Wildman–Crippen MR) is 162 cm³/mol. The third-order valence-electron chi connectivity index (χ3n) is 10.5. The summed E-state index contributed by atoms with van der Waals surface area (Å²) >= 11 is 0. The lowest BCUT2D eigenvalue weighted by molar-refractivity contribution is -0.0722. The van der Waals surface area contributed by atoms with Crippen LogP contribution in [0.25, 0.3) is 0 Å². The highest BCUT2D eigenvalue weighted by atomic mass is 19.1. The van der Waals surface area contributed by atoms with Crippen molar-refractivity contribution >= 4 is 5.91 Å². The molecule has 6 nitrogen and oxygen atoms in total. The van der Waals surface area contributed by atoms with Gasteiger partial charge >= 0.3 is 0 Å². The summed E-state index contributed by atoms with van der Waals surface area (Å²) in [7, 11) is 1.65. The fourth-order valence-electron chi connectivity index (χ4n) is 8.48. The number of nitrogens with zero attached hydrogens (tertiary/aromatic N) is 1. The topological polar surface area (TPSA) is 79.2 Å². The molecule has 0 aliphatic heterocycles. The predicted octanol–water partition coefficient (Wildman–Crippen LogP) is 6.53. The number of unbranched alkanes of at least 4 members (excludes halogenated alkanes) is 2. The molecule has 0 spiro atoms. The maximum absolute atomic E-state index is 16.0. The van der Waals surface area contributed by atoms with Crippen LogP contribution in [0.1, 0.15) is 86.2 Å². The van der Waals surface area contributed by atoms with Gasteiger partial charge in [-0.15, -0.1) is 0 Å². The summed E-state index contributed by atoms with van der Waals surface area (Å²) < 4.78 is 26.8. The highest BCUT2D eigenvalue weighted by molar-refractivity contribution is 5.94. The molecule has 0 saturated heterocycles. The van der Waals surface area contributed by atoms with Crippen molar-refractivity contribution in [2.45, 2.75) is 83.4 Å². The zero-order valence-electron chi connectivity index (χ0n) is 25.4. The number of aliphatic hydroxyl groups excluding tert-OH is 1. The summed E-state index contributed by atoms with van der Waals surface area (Å²) in [6.45, 7) is 6.30. The number of fused-ring (bicyclic) bond motifs is 5. The van der Waals surface area contributed by atoms with Gasteiger partial charge in [0, 0.05) is 31.7 Å². The number of carbonyl (C=O) groups excluding carboxylic acids is 1. The van der Waals surface area contributed by atoms with E-state index in [0.717, 1.165) is 61.8 Å². The van der Waals surface area contributed by atoms with Gasteiger partial charge in [0.05, 0.1) is 19.3 Å². The first-order valence-corrected chi connectivity index (χ1v) is 15.9. The van der Waals surface area contributed by atoms with Gasteiger partial charge < -0.3 is 24.6 Å². The molecule has 2 fully saturated rings. The number of aromatic hydroxyl groups is 1. The van der Waals surface area contributed by atoms with Crippen LogP contribution in [0.5, 0.6) is 11.5 Å². The van der Waals surface area contributed by atoms with Crippen molar-refractivity contribution in [2.75, 3.05) is 33.4 Å². The molecule has 6 unspecified atom stereocenters. The first-order chi connectivity index (χ1) is 20.3. The Labute approximate surface area is 250 Å². The Morgan fingerprint density at radius 2 is 1.88 bits per heavy atom. The van der Waals surface area contributed by atoms with Gasteiger partial charge in [0.2, 0.25) is 0 Å². The molecule has 230 valence electrons. The van der Waals surface area contributed by atoms with Gasteiger partial charge in [0.15, 0.2) is 0 Å². The number of benzene rings is 2. The van der Waals surface area contributed by atoms with Crippen LogP contribution < -0.4 is 4.74 Å². The Bertz CT molecular complexity index is 1200. The molecule has 0 aromatic heterocycles. The molecule has 2 N–H and O–H groups in total. The molecular formula is C35H48FNO5. The smallest absolute Gasteiger partial charge is 0.253 e. The van der Waals surface area contributed by atoms with Crippen LogP contribution in [-0.2, 0) is 11.2 Å². The average molecular weight is 582 g/mol. The lowest BCUT2D eigenvalue weighted by atomic mass is 9.51. The number of alkyl halides is 1. The molecule has 3 aliphatic carbocycles. The monoisotopic (exact) mass is 581 g/mol. The van der Waals surface area contributed by atoms with Crippen LogP contribution >= 0.6 is 0 Å². The standard InChI is InChI=1S/C35H48FNO5/c1-4-42-27-12-9-23(10-13-27)34(40)37(18-19-41-3)17-7-5-6-8-24-20-25-21-26(38)11-14-28(25)33-30(36)22-35(2)29(32(24)33)15-16-31(35)39/h9-14,21,24,29-33,38-39H,4-8,15-20,22H2,1-3H3/t24?,29?,30?,31?,32?,33?,35-/m0/s1. The molecule has 5 rings (SSSR count). The Balaban J connectivity index is 1.23. The minimum atomic E-state index is -0.988. The summed E-state index contributed by atoms with van der Waals surface area (Å²) in [5.41, 5.74) is 2.42. The van der Waals surface area contributed by atoms with Gasteiger partial charge in [0.25, 0.3) is 5.91 Å². The molecule has 0 radical (unpaired) electrons. The van der Waals surface area contributed by atoms with Crippen LogP contribution in [0.3, 0.4) is 0 Å². The number of ether oxygens (including phenoxy) is 2. The quantitative estimate of drug-likeness (QED) is 0.279. The van der Waals surface area contributed by atoms with E-state index in [4.69, 9.17) is 9.47 Å². The largest absolute Gasteiger partial charge is 0.508 e. The number of hydrogen-bond acceptors (Lipinski definition) is 5. The minimum Gasteiger partial charge on any atom is -0.508 e. The van der Waals surface area contributed by atoms with Gasteiger partial charge in [0.1, 0.15) is 17.7 Å². The van der Waals surface area contributed by atoms with E-state index in [9.17, 15) is 15.0 Å². The number of amides is 1. The van der Waals surface area contributed by atoms with Crippen LogP contribution in [0.4, 0.5) is 4.39 Å². The molecule has 1 amide bonds. The third kappa shape index (κ3) is 6.19. The highest BCUT2D eigenvalue weighted by Crippen LogP contribution is 2.63. The summed E-state index contributed by atoms with van der Waals surface area (Å²) in [5.74, 6) is 1.65. The normalized spacial score (nSPS) is 29.8. The molecule has 2 saturated carbocycles. The third-order valence-corrected chi connectivity index (χ3v) is 10.5. The van der Waals surface area contributed by atoms with E-state index in [-0.39, 0.29) is 28.9 Å². The number of rotatable bonds is 12. The SMILES string of the molecule is CCOc1ccc(C(=O)N(CCCCCC2Cc3cc(O)ccc3C3C(F)C[C@]4(C)C(O)CCC4C23)CCOC)cc1. The van der Waals surface area contributed by atoms with Crippen LogP contribution in [0, 0.1) is 23.2 Å². The van der Waals surface area contributed by atoms with Gasteiger partial charge in [-0.1, -0.05) is 25.8 Å². The second kappa shape index (κ2) is 13.3. The van der Waals surface area contributed by atoms with Crippen molar-refractivity contribution in [3.63, 3.8) is 0 Å². The molecular weight excluding hydrogens is 533 g/mol.